The summed E-state index contributed by atoms with van der Waals surface area (Å²) in [6, 6.07) is 17.3. The first-order valence-electron chi connectivity index (χ1n) is 11.2. The third kappa shape index (κ3) is 6.19. The Labute approximate surface area is 204 Å². The van der Waals surface area contributed by atoms with E-state index in [9.17, 15) is 13.2 Å². The van der Waals surface area contributed by atoms with Gasteiger partial charge in [-0.15, -0.1) is 10.2 Å². The number of benzene rings is 2. The highest BCUT2D eigenvalue weighted by atomic mass is 32.2. The summed E-state index contributed by atoms with van der Waals surface area (Å²) in [5.41, 5.74) is 2.00. The molecule has 0 radical (unpaired) electrons. The Morgan fingerprint density at radius 1 is 1.15 bits per heavy atom. The predicted octanol–water partition coefficient (Wildman–Crippen LogP) is 3.83. The van der Waals surface area contributed by atoms with Gasteiger partial charge in [0, 0.05) is 18.7 Å². The molecule has 1 aliphatic rings. The number of nitrogens with one attached hydrogen (secondary N) is 1. The normalized spacial score (nSPS) is 16.8. The van der Waals surface area contributed by atoms with Crippen LogP contribution in [0.2, 0.25) is 0 Å². The minimum atomic E-state index is -3.41. The number of sulfonamides is 1. The number of amides is 1. The number of rotatable bonds is 9. The van der Waals surface area contributed by atoms with Gasteiger partial charge >= 0.3 is 0 Å². The van der Waals surface area contributed by atoms with E-state index in [4.69, 9.17) is 4.74 Å². The van der Waals surface area contributed by atoms with Crippen molar-refractivity contribution in [2.75, 3.05) is 31.3 Å². The fourth-order valence-corrected chi connectivity index (χ4v) is 6.31. The average molecular weight is 501 g/mol. The van der Waals surface area contributed by atoms with Crippen LogP contribution in [0.15, 0.2) is 54.6 Å². The molecule has 4 rings (SSSR count). The van der Waals surface area contributed by atoms with Gasteiger partial charge in [-0.05, 0) is 55.5 Å². The van der Waals surface area contributed by atoms with Crippen molar-refractivity contribution in [3.8, 4) is 16.3 Å². The monoisotopic (exact) mass is 500 g/mol. The standard InChI is InChI=1S/C24H28N4O4S2/c1-32-21-13-11-19(12-14-21)23-26-27-24(33-23)25-22(29)20-10-5-15-28(17-20)34(30,31)16-6-9-18-7-3-2-4-8-18/h2-4,7-8,11-14,20H,5-6,9-10,15-17H2,1H3,(H,25,27,29)/t20-/m1/s1. The Hall–Kier alpha value is -2.82. The second-order valence-electron chi connectivity index (χ2n) is 8.23. The van der Waals surface area contributed by atoms with E-state index in [1.807, 2.05) is 54.6 Å². The molecule has 34 heavy (non-hydrogen) atoms. The van der Waals surface area contributed by atoms with Gasteiger partial charge in [0.15, 0.2) is 0 Å². The Balaban J connectivity index is 1.31. The molecule has 2 aromatic carbocycles. The lowest BCUT2D eigenvalue weighted by atomic mass is 9.99. The lowest BCUT2D eigenvalue weighted by Gasteiger charge is -2.31. The highest BCUT2D eigenvalue weighted by Gasteiger charge is 2.32. The van der Waals surface area contributed by atoms with Gasteiger partial charge in [-0.3, -0.25) is 4.79 Å². The summed E-state index contributed by atoms with van der Waals surface area (Å²) in [6.45, 7) is 0.654. The molecule has 0 unspecified atom stereocenters. The molecule has 1 atom stereocenters. The molecule has 0 bridgehead atoms. The van der Waals surface area contributed by atoms with Gasteiger partial charge in [0.2, 0.25) is 21.1 Å². The maximum Gasteiger partial charge on any atom is 0.230 e. The number of carbonyl (C=O) groups excluding carboxylic acids is 1. The molecular weight excluding hydrogens is 472 g/mol. The molecule has 1 amide bonds. The molecule has 0 aliphatic carbocycles. The fraction of sp³-hybridized carbons (Fsp3) is 0.375. The summed E-state index contributed by atoms with van der Waals surface area (Å²) in [5.74, 6) is 0.198. The zero-order valence-corrected chi connectivity index (χ0v) is 20.6. The van der Waals surface area contributed by atoms with Crippen LogP contribution in [0.3, 0.4) is 0 Å². The summed E-state index contributed by atoms with van der Waals surface area (Å²) >= 11 is 1.28. The summed E-state index contributed by atoms with van der Waals surface area (Å²) in [4.78, 5) is 12.9. The molecule has 1 aliphatic heterocycles. The van der Waals surface area contributed by atoms with Crippen LogP contribution in [0.25, 0.3) is 10.6 Å². The van der Waals surface area contributed by atoms with Gasteiger partial charge in [-0.25, -0.2) is 12.7 Å². The van der Waals surface area contributed by atoms with Crippen LogP contribution in [0.1, 0.15) is 24.8 Å². The van der Waals surface area contributed by atoms with Crippen molar-refractivity contribution in [3.05, 3.63) is 60.2 Å². The van der Waals surface area contributed by atoms with E-state index in [-0.39, 0.29) is 18.2 Å². The zero-order chi connectivity index (χ0) is 24.0. The predicted molar refractivity (Wildman–Crippen MR) is 133 cm³/mol. The third-order valence-electron chi connectivity index (χ3n) is 5.85. The molecule has 8 nitrogen and oxygen atoms in total. The van der Waals surface area contributed by atoms with Crippen molar-refractivity contribution < 1.29 is 17.9 Å². The van der Waals surface area contributed by atoms with Gasteiger partial charge in [0.1, 0.15) is 10.8 Å². The van der Waals surface area contributed by atoms with Crippen LogP contribution in [-0.4, -0.2) is 54.8 Å². The molecule has 180 valence electrons. The number of aryl methyl sites for hydroxylation is 1. The van der Waals surface area contributed by atoms with E-state index in [0.717, 1.165) is 16.9 Å². The molecule has 1 N–H and O–H groups in total. The van der Waals surface area contributed by atoms with Gasteiger partial charge in [0.05, 0.1) is 18.8 Å². The number of carbonyl (C=O) groups is 1. The minimum absolute atomic E-state index is 0.0812. The van der Waals surface area contributed by atoms with E-state index >= 15 is 0 Å². The molecule has 0 spiro atoms. The van der Waals surface area contributed by atoms with E-state index < -0.39 is 15.9 Å². The molecule has 1 saturated heterocycles. The summed E-state index contributed by atoms with van der Waals surface area (Å²) in [6.07, 6.45) is 2.57. The van der Waals surface area contributed by atoms with Crippen LogP contribution in [0.5, 0.6) is 5.75 Å². The highest BCUT2D eigenvalue weighted by Crippen LogP contribution is 2.29. The topological polar surface area (TPSA) is 101 Å². The Bertz CT molecular complexity index is 1200. The number of hydrogen-bond donors (Lipinski definition) is 1. The first-order chi connectivity index (χ1) is 16.4. The molecular formula is C24H28N4O4S2. The summed E-state index contributed by atoms with van der Waals surface area (Å²) in [5, 5.41) is 12.1. The fourth-order valence-electron chi connectivity index (χ4n) is 3.97. The maximum absolute atomic E-state index is 12.9. The number of ether oxygens (including phenoxy) is 1. The minimum Gasteiger partial charge on any atom is -0.497 e. The molecule has 1 aromatic heterocycles. The SMILES string of the molecule is COc1ccc(-c2nnc(NC(=O)[C@@H]3CCCN(S(=O)(=O)CCCc4ccccc4)C3)s2)cc1. The van der Waals surface area contributed by atoms with Crippen LogP contribution >= 0.6 is 11.3 Å². The maximum atomic E-state index is 12.9. The number of nitrogens with zero attached hydrogens (tertiary/aromatic N) is 3. The lowest BCUT2D eigenvalue weighted by Crippen LogP contribution is -2.44. The smallest absolute Gasteiger partial charge is 0.230 e. The summed E-state index contributed by atoms with van der Waals surface area (Å²) in [7, 11) is -1.81. The number of methoxy groups -OCH3 is 1. The highest BCUT2D eigenvalue weighted by molar-refractivity contribution is 7.89. The number of hydrogen-bond acceptors (Lipinski definition) is 7. The zero-order valence-electron chi connectivity index (χ0n) is 19.0. The van der Waals surface area contributed by atoms with E-state index in [0.29, 0.717) is 42.4 Å². The number of aromatic nitrogens is 2. The van der Waals surface area contributed by atoms with E-state index in [1.54, 1.807) is 7.11 Å². The molecule has 2 heterocycles. The van der Waals surface area contributed by atoms with Crippen molar-refractivity contribution >= 4 is 32.4 Å². The molecule has 1 fully saturated rings. The molecule has 10 heteroatoms. The van der Waals surface area contributed by atoms with Crippen LogP contribution in [-0.2, 0) is 21.2 Å². The lowest BCUT2D eigenvalue weighted by molar-refractivity contribution is -0.120. The Morgan fingerprint density at radius 2 is 1.91 bits per heavy atom. The van der Waals surface area contributed by atoms with Crippen molar-refractivity contribution in [1.82, 2.24) is 14.5 Å². The van der Waals surface area contributed by atoms with Gasteiger partial charge < -0.3 is 10.1 Å². The van der Waals surface area contributed by atoms with Gasteiger partial charge in [0.25, 0.3) is 0 Å². The molecule has 0 saturated carbocycles. The van der Waals surface area contributed by atoms with Crippen molar-refractivity contribution in [2.45, 2.75) is 25.7 Å². The second kappa shape index (κ2) is 11.1. The average Bonchev–Trinajstić information content (AvgIpc) is 3.33. The molecule has 3 aromatic rings. The van der Waals surface area contributed by atoms with Gasteiger partial charge in [-0.1, -0.05) is 41.7 Å². The quantitative estimate of drug-likeness (QED) is 0.479. The third-order valence-corrected chi connectivity index (χ3v) is 8.66. The van der Waals surface area contributed by atoms with E-state index in [2.05, 4.69) is 15.5 Å². The Morgan fingerprint density at radius 3 is 2.65 bits per heavy atom. The first-order valence-corrected chi connectivity index (χ1v) is 13.7. The number of anilines is 1. The second-order valence-corrected chi connectivity index (χ2v) is 11.3. The summed E-state index contributed by atoms with van der Waals surface area (Å²) < 4.78 is 32.4. The first kappa shape index (κ1) is 24.3. The van der Waals surface area contributed by atoms with Crippen LogP contribution in [0, 0.1) is 5.92 Å². The van der Waals surface area contributed by atoms with Gasteiger partial charge in [-0.2, -0.15) is 0 Å². The van der Waals surface area contributed by atoms with Crippen molar-refractivity contribution in [1.29, 1.82) is 0 Å². The van der Waals surface area contributed by atoms with E-state index in [1.165, 1.54) is 15.6 Å². The van der Waals surface area contributed by atoms with Crippen molar-refractivity contribution in [3.63, 3.8) is 0 Å². The largest absolute Gasteiger partial charge is 0.497 e. The van der Waals surface area contributed by atoms with Crippen molar-refractivity contribution in [2.24, 2.45) is 5.92 Å². The number of piperidine rings is 1. The Kier molecular flexibility index (Phi) is 7.91. The van der Waals surface area contributed by atoms with Crippen LogP contribution in [0.4, 0.5) is 5.13 Å². The van der Waals surface area contributed by atoms with Crippen LogP contribution < -0.4 is 10.1 Å².